The fourth-order valence-electron chi connectivity index (χ4n) is 2.32. The summed E-state index contributed by atoms with van der Waals surface area (Å²) < 4.78 is 5.03. The Morgan fingerprint density at radius 3 is 2.45 bits per heavy atom. The minimum Gasteiger partial charge on any atom is -0.461 e. The van der Waals surface area contributed by atoms with E-state index in [1.807, 2.05) is 26.0 Å². The predicted octanol–water partition coefficient (Wildman–Crippen LogP) is 3.29. The number of esters is 1. The summed E-state index contributed by atoms with van der Waals surface area (Å²) in [6.07, 6.45) is 0.810. The standard InChI is InChI=1S/C16H17NO3/c1-4-20-16(19)15-10(2)14(11(3)17-15)13-7-5-12(9-18)6-8-13/h5-9,17H,4H2,1-3H3. The monoisotopic (exact) mass is 271 g/mol. The van der Waals surface area contributed by atoms with E-state index in [0.717, 1.165) is 28.7 Å². The summed E-state index contributed by atoms with van der Waals surface area (Å²) in [4.78, 5) is 25.6. The Kier molecular flexibility index (Phi) is 4.03. The number of rotatable bonds is 4. The van der Waals surface area contributed by atoms with E-state index in [-0.39, 0.29) is 5.97 Å². The molecular weight excluding hydrogens is 254 g/mol. The maximum Gasteiger partial charge on any atom is 0.355 e. The fraction of sp³-hybridized carbons (Fsp3) is 0.250. The summed E-state index contributed by atoms with van der Waals surface area (Å²) in [6.45, 7) is 5.93. The van der Waals surface area contributed by atoms with E-state index >= 15 is 0 Å². The van der Waals surface area contributed by atoms with Crippen LogP contribution in [0.1, 0.15) is 39.0 Å². The molecule has 0 aliphatic rings. The predicted molar refractivity (Wildman–Crippen MR) is 77.0 cm³/mol. The molecule has 104 valence electrons. The maximum absolute atomic E-state index is 11.9. The second kappa shape index (κ2) is 5.74. The molecular formula is C16H17NO3. The van der Waals surface area contributed by atoms with Gasteiger partial charge in [0.05, 0.1) is 6.61 Å². The lowest BCUT2D eigenvalue weighted by molar-refractivity contribution is 0.0519. The minimum absolute atomic E-state index is 0.344. The molecule has 4 nitrogen and oxygen atoms in total. The van der Waals surface area contributed by atoms with Crippen molar-refractivity contribution in [3.63, 3.8) is 0 Å². The maximum atomic E-state index is 11.9. The Morgan fingerprint density at radius 1 is 1.25 bits per heavy atom. The molecule has 0 bridgehead atoms. The number of nitrogens with one attached hydrogen (secondary N) is 1. The van der Waals surface area contributed by atoms with Gasteiger partial charge in [-0.25, -0.2) is 4.79 Å². The molecule has 4 heteroatoms. The third-order valence-electron chi connectivity index (χ3n) is 3.25. The van der Waals surface area contributed by atoms with Crippen LogP contribution < -0.4 is 0 Å². The first-order valence-electron chi connectivity index (χ1n) is 6.50. The van der Waals surface area contributed by atoms with Crippen LogP contribution in [0.3, 0.4) is 0 Å². The molecule has 20 heavy (non-hydrogen) atoms. The Labute approximate surface area is 117 Å². The first-order chi connectivity index (χ1) is 9.58. The van der Waals surface area contributed by atoms with E-state index in [9.17, 15) is 9.59 Å². The molecule has 2 rings (SSSR count). The van der Waals surface area contributed by atoms with Crippen molar-refractivity contribution in [1.82, 2.24) is 4.98 Å². The van der Waals surface area contributed by atoms with Crippen molar-refractivity contribution in [1.29, 1.82) is 0 Å². The second-order valence-electron chi connectivity index (χ2n) is 4.59. The smallest absolute Gasteiger partial charge is 0.355 e. The lowest BCUT2D eigenvalue weighted by atomic mass is 10.0. The number of ether oxygens (including phenoxy) is 1. The number of hydrogen-bond acceptors (Lipinski definition) is 3. The molecule has 1 aromatic carbocycles. The number of carbonyl (C=O) groups excluding carboxylic acids is 2. The van der Waals surface area contributed by atoms with Gasteiger partial charge in [-0.3, -0.25) is 4.79 Å². The van der Waals surface area contributed by atoms with Crippen LogP contribution in [0.25, 0.3) is 11.1 Å². The van der Waals surface area contributed by atoms with Gasteiger partial charge in [0.2, 0.25) is 0 Å². The van der Waals surface area contributed by atoms with Crippen molar-refractivity contribution in [3.8, 4) is 11.1 Å². The van der Waals surface area contributed by atoms with E-state index in [1.165, 1.54) is 0 Å². The van der Waals surface area contributed by atoms with Crippen molar-refractivity contribution in [2.75, 3.05) is 6.61 Å². The molecule has 1 heterocycles. The van der Waals surface area contributed by atoms with Crippen molar-refractivity contribution in [2.45, 2.75) is 20.8 Å². The molecule has 0 fully saturated rings. The van der Waals surface area contributed by atoms with Crippen LogP contribution in [0.5, 0.6) is 0 Å². The number of benzene rings is 1. The minimum atomic E-state index is -0.344. The van der Waals surface area contributed by atoms with Crippen LogP contribution in [-0.4, -0.2) is 23.8 Å². The SMILES string of the molecule is CCOC(=O)c1[nH]c(C)c(-c2ccc(C=O)cc2)c1C. The molecule has 0 aliphatic heterocycles. The lowest BCUT2D eigenvalue weighted by Gasteiger charge is -2.04. The van der Waals surface area contributed by atoms with E-state index in [2.05, 4.69) is 4.98 Å². The number of hydrogen-bond donors (Lipinski definition) is 1. The molecule has 0 aliphatic carbocycles. The zero-order valence-electron chi connectivity index (χ0n) is 11.8. The molecule has 0 amide bonds. The molecule has 2 aromatic rings. The third kappa shape index (κ3) is 2.50. The molecule has 1 aromatic heterocycles. The number of carbonyl (C=O) groups is 2. The Balaban J connectivity index is 2.46. The van der Waals surface area contributed by atoms with Gasteiger partial charge >= 0.3 is 5.97 Å². The van der Waals surface area contributed by atoms with E-state index in [0.29, 0.717) is 17.9 Å². The molecule has 0 saturated carbocycles. The summed E-state index contributed by atoms with van der Waals surface area (Å²) in [5, 5.41) is 0. The average Bonchev–Trinajstić information content (AvgIpc) is 2.75. The lowest BCUT2D eigenvalue weighted by Crippen LogP contribution is -2.06. The number of H-pyrrole nitrogens is 1. The van der Waals surface area contributed by atoms with Crippen LogP contribution in [0.15, 0.2) is 24.3 Å². The molecule has 0 spiro atoms. The Morgan fingerprint density at radius 2 is 1.90 bits per heavy atom. The van der Waals surface area contributed by atoms with Crippen molar-refractivity contribution >= 4 is 12.3 Å². The van der Waals surface area contributed by atoms with Crippen LogP contribution in [0.2, 0.25) is 0 Å². The van der Waals surface area contributed by atoms with Crippen LogP contribution in [-0.2, 0) is 4.74 Å². The van der Waals surface area contributed by atoms with E-state index < -0.39 is 0 Å². The Hall–Kier alpha value is -2.36. The van der Waals surface area contributed by atoms with Crippen LogP contribution in [0.4, 0.5) is 0 Å². The summed E-state index contributed by atoms with van der Waals surface area (Å²) >= 11 is 0. The summed E-state index contributed by atoms with van der Waals surface area (Å²) in [6, 6.07) is 7.28. The van der Waals surface area contributed by atoms with E-state index in [1.54, 1.807) is 19.1 Å². The van der Waals surface area contributed by atoms with Gasteiger partial charge in [-0.15, -0.1) is 0 Å². The van der Waals surface area contributed by atoms with Gasteiger partial charge in [-0.05, 0) is 31.9 Å². The summed E-state index contributed by atoms with van der Waals surface area (Å²) in [5.74, 6) is -0.344. The molecule has 0 atom stereocenters. The first-order valence-corrected chi connectivity index (χ1v) is 6.50. The highest BCUT2D eigenvalue weighted by molar-refractivity contribution is 5.93. The normalized spacial score (nSPS) is 10.3. The topological polar surface area (TPSA) is 59.2 Å². The highest BCUT2D eigenvalue weighted by Gasteiger charge is 2.19. The summed E-state index contributed by atoms with van der Waals surface area (Å²) in [5.41, 5.74) is 4.83. The van der Waals surface area contributed by atoms with Gasteiger partial charge in [0, 0.05) is 16.8 Å². The zero-order chi connectivity index (χ0) is 14.7. The van der Waals surface area contributed by atoms with Gasteiger partial charge in [-0.2, -0.15) is 0 Å². The van der Waals surface area contributed by atoms with Gasteiger partial charge in [0.1, 0.15) is 12.0 Å². The van der Waals surface area contributed by atoms with Gasteiger partial charge in [-0.1, -0.05) is 24.3 Å². The van der Waals surface area contributed by atoms with Gasteiger partial charge < -0.3 is 9.72 Å². The highest BCUT2D eigenvalue weighted by Crippen LogP contribution is 2.29. The zero-order valence-corrected chi connectivity index (χ0v) is 11.8. The number of aldehydes is 1. The van der Waals surface area contributed by atoms with Crippen LogP contribution in [0, 0.1) is 13.8 Å². The van der Waals surface area contributed by atoms with Crippen LogP contribution >= 0.6 is 0 Å². The Bertz CT molecular complexity index is 638. The third-order valence-corrected chi connectivity index (χ3v) is 3.25. The molecule has 1 N–H and O–H groups in total. The summed E-state index contributed by atoms with van der Waals surface area (Å²) in [7, 11) is 0. The van der Waals surface area contributed by atoms with Crippen molar-refractivity contribution in [3.05, 3.63) is 46.8 Å². The highest BCUT2D eigenvalue weighted by atomic mass is 16.5. The number of aromatic nitrogens is 1. The van der Waals surface area contributed by atoms with Gasteiger partial charge in [0.25, 0.3) is 0 Å². The number of aromatic amines is 1. The fourth-order valence-corrected chi connectivity index (χ4v) is 2.32. The van der Waals surface area contributed by atoms with Crippen molar-refractivity contribution < 1.29 is 14.3 Å². The first kappa shape index (κ1) is 14.1. The largest absolute Gasteiger partial charge is 0.461 e. The number of aryl methyl sites for hydroxylation is 1. The molecule has 0 radical (unpaired) electrons. The average molecular weight is 271 g/mol. The second-order valence-corrected chi connectivity index (χ2v) is 4.59. The van der Waals surface area contributed by atoms with Gasteiger partial charge in [0.15, 0.2) is 0 Å². The molecule has 0 saturated heterocycles. The quantitative estimate of drug-likeness (QED) is 0.685. The molecule has 0 unspecified atom stereocenters. The van der Waals surface area contributed by atoms with Crippen molar-refractivity contribution in [2.24, 2.45) is 0 Å². The van der Waals surface area contributed by atoms with E-state index in [4.69, 9.17) is 4.74 Å².